The zero-order chi connectivity index (χ0) is 30.5. The molecule has 4 fully saturated rings. The lowest BCUT2D eigenvalue weighted by Crippen LogP contribution is -2.30. The van der Waals surface area contributed by atoms with Crippen LogP contribution in [-0.4, -0.2) is 54.7 Å². The third-order valence-corrected chi connectivity index (χ3v) is 11.8. The van der Waals surface area contributed by atoms with E-state index in [4.69, 9.17) is 9.97 Å². The van der Waals surface area contributed by atoms with Crippen molar-refractivity contribution in [2.75, 3.05) is 13.1 Å². The van der Waals surface area contributed by atoms with Gasteiger partial charge in [-0.25, -0.2) is 19.6 Å². The number of aromatic amines is 2. The number of fused-ring (bicyclic) bond motifs is 14. The minimum atomic E-state index is -0.0456. The van der Waals surface area contributed by atoms with Crippen LogP contribution in [0.2, 0.25) is 0 Å². The van der Waals surface area contributed by atoms with E-state index < -0.39 is 0 Å². The average molecular weight is 607 g/mol. The molecule has 2 N–H and O–H groups in total. The summed E-state index contributed by atoms with van der Waals surface area (Å²) < 4.78 is 0. The molecule has 4 unspecified atom stereocenters. The smallest absolute Gasteiger partial charge is 0.124 e. The lowest BCUT2D eigenvalue weighted by Gasteiger charge is -2.32. The number of nitrogens with one attached hydrogen (secondary N) is 2. The number of benzene rings is 2. The van der Waals surface area contributed by atoms with Crippen molar-refractivity contribution in [3.8, 4) is 11.1 Å². The van der Waals surface area contributed by atoms with Gasteiger partial charge in [0.2, 0.25) is 0 Å². The molecule has 8 heteroatoms. The molecule has 2 aromatic carbocycles. The molecule has 4 aliphatic heterocycles. The van der Waals surface area contributed by atoms with Gasteiger partial charge in [-0.05, 0) is 61.0 Å². The van der Waals surface area contributed by atoms with Crippen LogP contribution in [0.5, 0.6) is 0 Å². The Bertz CT molecular complexity index is 1800. The predicted molar refractivity (Wildman–Crippen MR) is 172 cm³/mol. The quantitative estimate of drug-likeness (QED) is 0.269. The van der Waals surface area contributed by atoms with Crippen molar-refractivity contribution < 1.29 is 9.59 Å². The molecule has 4 aromatic rings. The van der Waals surface area contributed by atoms with Crippen LogP contribution in [0.1, 0.15) is 108 Å². The summed E-state index contributed by atoms with van der Waals surface area (Å²) in [7, 11) is 0. The van der Waals surface area contributed by atoms with Crippen molar-refractivity contribution in [1.29, 1.82) is 0 Å². The molecule has 6 atom stereocenters. The largest absolute Gasteiger partial charge is 0.344 e. The van der Waals surface area contributed by atoms with E-state index in [0.717, 1.165) is 95.2 Å². The molecule has 2 aromatic heterocycles. The zero-order valence-electron chi connectivity index (χ0n) is 25.5. The summed E-state index contributed by atoms with van der Waals surface area (Å²) >= 11 is 0. The minimum absolute atomic E-state index is 0.0456. The number of hydrogen-bond donors (Lipinski definition) is 2. The van der Waals surface area contributed by atoms with E-state index in [0.29, 0.717) is 12.8 Å². The van der Waals surface area contributed by atoms with Crippen LogP contribution in [0.4, 0.5) is 0 Å². The van der Waals surface area contributed by atoms with Crippen molar-refractivity contribution in [3.05, 3.63) is 118 Å². The van der Waals surface area contributed by atoms with E-state index in [1.165, 1.54) is 12.1 Å². The van der Waals surface area contributed by atoms with Gasteiger partial charge in [0.25, 0.3) is 0 Å². The number of hydrogen-bond acceptors (Lipinski definition) is 6. The molecule has 2 saturated carbocycles. The summed E-state index contributed by atoms with van der Waals surface area (Å²) in [5.74, 6) is 6.87. The van der Waals surface area contributed by atoms with Crippen molar-refractivity contribution in [1.82, 2.24) is 29.7 Å². The average Bonchev–Trinajstić information content (AvgIpc) is 3.93. The van der Waals surface area contributed by atoms with Gasteiger partial charge in [-0.2, -0.15) is 0 Å². The fourth-order valence-corrected chi connectivity index (χ4v) is 9.80. The molecule has 0 spiro atoms. The first kappa shape index (κ1) is 26.9. The Morgan fingerprint density at radius 2 is 1.04 bits per heavy atom. The monoisotopic (exact) mass is 606 g/mol. The number of nitrogens with zero attached hydrogens (tertiary/aromatic N) is 4. The van der Waals surface area contributed by atoms with Crippen LogP contribution in [-0.2, 0) is 9.59 Å². The van der Waals surface area contributed by atoms with E-state index in [9.17, 15) is 9.59 Å². The molecular weight excluding hydrogens is 572 g/mol. The minimum Gasteiger partial charge on any atom is -0.344 e. The molecular formula is C38H34N6O2. The summed E-state index contributed by atoms with van der Waals surface area (Å²) in [6, 6.07) is 20.6. The molecule has 4 bridgehead atoms. The Labute approximate surface area is 267 Å². The number of aromatic nitrogens is 4. The Balaban J connectivity index is 0.947. The highest BCUT2D eigenvalue weighted by molar-refractivity contribution is 5.68. The maximum Gasteiger partial charge on any atom is 0.124 e. The number of rotatable bonds is 3. The molecule has 2 radical (unpaired) electrons. The molecule has 228 valence electrons. The standard InChI is InChI=1S/C38H34N6O2/c45-19-25-15-31-35(27-17-39-37(41-27)29-3-1-13-43(29)31)33(25)23-9-5-21(6-10-23)22-7-11-24(12-8-22)34-26(20-46)16-32-36(34)28-18-40-38(42-28)30-4-2-14-44(30)32/h5-12,17-18,29-30,33-36H,1-4,13-16H2,(H,39,41)(H,40,42)/t29?,30?,33-,34?,35+,36?/m0/s1. The first-order valence-electron chi connectivity index (χ1n) is 16.7. The second kappa shape index (κ2) is 10.1. The molecule has 2 saturated heterocycles. The highest BCUT2D eigenvalue weighted by Gasteiger charge is 2.52. The van der Waals surface area contributed by atoms with Crippen LogP contribution >= 0.6 is 0 Å². The maximum absolute atomic E-state index is 12.3. The van der Waals surface area contributed by atoms with Gasteiger partial charge in [-0.1, -0.05) is 48.5 Å². The summed E-state index contributed by atoms with van der Waals surface area (Å²) in [5, 5.41) is 0. The fourth-order valence-electron chi connectivity index (χ4n) is 9.80. The van der Waals surface area contributed by atoms with Gasteiger partial charge < -0.3 is 9.97 Å². The summed E-state index contributed by atoms with van der Waals surface area (Å²) in [5.41, 5.74) is 8.37. The molecule has 6 aliphatic rings. The Hall–Kier alpha value is -4.32. The van der Waals surface area contributed by atoms with Gasteiger partial charge in [0.1, 0.15) is 23.5 Å². The van der Waals surface area contributed by atoms with Crippen molar-refractivity contribution in [3.63, 3.8) is 0 Å². The Morgan fingerprint density at radius 1 is 0.609 bits per heavy atom. The Morgan fingerprint density at radius 3 is 1.46 bits per heavy atom. The number of imidazole rings is 2. The first-order valence-corrected chi connectivity index (χ1v) is 16.7. The predicted octanol–water partition coefficient (Wildman–Crippen LogP) is 6.22. The van der Waals surface area contributed by atoms with Crippen molar-refractivity contribution in [2.24, 2.45) is 0 Å². The van der Waals surface area contributed by atoms with Gasteiger partial charge in [0, 0.05) is 71.4 Å². The van der Waals surface area contributed by atoms with Crippen LogP contribution in [0.25, 0.3) is 11.1 Å². The van der Waals surface area contributed by atoms with Gasteiger partial charge in [-0.15, -0.1) is 0 Å². The van der Waals surface area contributed by atoms with Crippen LogP contribution in [0.3, 0.4) is 0 Å². The summed E-state index contributed by atoms with van der Waals surface area (Å²) in [6.45, 7) is 2.04. The second-order valence-electron chi connectivity index (χ2n) is 13.9. The zero-order valence-corrected chi connectivity index (χ0v) is 25.5. The molecule has 0 amide bonds. The summed E-state index contributed by atoms with van der Waals surface area (Å²) in [6.07, 6.45) is 9.80. The lowest BCUT2D eigenvalue weighted by molar-refractivity contribution is 0.245. The van der Waals surface area contributed by atoms with Gasteiger partial charge in [0.05, 0.1) is 24.2 Å². The maximum atomic E-state index is 12.3. The second-order valence-corrected chi connectivity index (χ2v) is 13.9. The molecule has 2 aliphatic carbocycles. The highest BCUT2D eigenvalue weighted by atomic mass is 16.1. The van der Waals surface area contributed by atoms with E-state index in [1.54, 1.807) is 0 Å². The Kier molecular flexibility index (Phi) is 5.89. The third kappa shape index (κ3) is 3.76. The SMILES string of the molecule is O=C=C1C[C]2C(c3cnc([nH]3)C3CCCN23)C1c1ccc(-c2ccc([C@H]3C(=C=O)C[C]4[C@H]3c3cnc([nH]3)C3CCCN43)cc2)cc1. The van der Waals surface area contributed by atoms with E-state index >= 15 is 0 Å². The van der Waals surface area contributed by atoms with E-state index in [1.807, 2.05) is 12.4 Å². The topological polar surface area (TPSA) is 98.0 Å². The van der Waals surface area contributed by atoms with E-state index in [2.05, 4.69) is 80.2 Å². The van der Waals surface area contributed by atoms with Crippen LogP contribution < -0.4 is 0 Å². The van der Waals surface area contributed by atoms with Crippen molar-refractivity contribution >= 4 is 11.9 Å². The first-order chi connectivity index (χ1) is 22.7. The number of H-pyrrole nitrogens is 2. The molecule has 10 rings (SSSR count). The highest BCUT2D eigenvalue weighted by Crippen LogP contribution is 2.59. The van der Waals surface area contributed by atoms with Gasteiger partial charge in [0.15, 0.2) is 0 Å². The summed E-state index contributed by atoms with van der Waals surface area (Å²) in [4.78, 5) is 46.3. The van der Waals surface area contributed by atoms with Crippen molar-refractivity contribution in [2.45, 2.75) is 74.3 Å². The number of carbonyl (C=O) groups excluding carboxylic acids is 2. The third-order valence-electron chi connectivity index (χ3n) is 11.8. The van der Waals surface area contributed by atoms with E-state index in [-0.39, 0.29) is 35.8 Å². The fraction of sp³-hybridized carbons (Fsp3) is 0.368. The normalized spacial score (nSPS) is 30.3. The van der Waals surface area contributed by atoms with Gasteiger partial charge in [-0.3, -0.25) is 9.80 Å². The molecule has 6 heterocycles. The van der Waals surface area contributed by atoms with Gasteiger partial charge >= 0.3 is 0 Å². The molecule has 46 heavy (non-hydrogen) atoms. The van der Waals surface area contributed by atoms with Crippen LogP contribution in [0.15, 0.2) is 72.1 Å². The molecule has 8 nitrogen and oxygen atoms in total. The lowest BCUT2D eigenvalue weighted by atomic mass is 9.82. The van der Waals surface area contributed by atoms with Crippen LogP contribution in [0, 0.1) is 12.1 Å².